The lowest BCUT2D eigenvalue weighted by atomic mass is 9.90. The number of nitrogens with one attached hydrogen (secondary N) is 25. The first-order valence-corrected chi connectivity index (χ1v) is 42.1. The number of hydrogen-bond acceptors (Lipinski definition) is 25. The van der Waals surface area contributed by atoms with Crippen LogP contribution in [0.25, 0.3) is 33.4 Å². The molecule has 1 heterocycles. The number of thiocarbonyl (C=S) groups is 1. The number of carbonyl (C=O) groups excluding carboxylic acids is 12. The molecule has 45 N–H and O–H groups in total. The third kappa shape index (κ3) is 42.7. The molecular formula is C78H122N34O18S. The largest absolute Gasteiger partial charge is 0.508 e. The second-order valence-electron chi connectivity index (χ2n) is 29.8. The molecule has 1 aliphatic carbocycles. The Morgan fingerprint density at radius 3 is 1.14 bits per heavy atom. The smallest absolute Gasteiger partial charge is 0.336 e. The van der Waals surface area contributed by atoms with E-state index in [1.807, 2.05) is 0 Å². The number of phenolic OH excluding ortho intramolecular Hbond substituents is 1. The van der Waals surface area contributed by atoms with Gasteiger partial charge in [-0.15, -0.1) is 0 Å². The number of rotatable bonds is 60. The summed E-state index contributed by atoms with van der Waals surface area (Å²) >= 11 is 5.41. The quantitative estimate of drug-likeness (QED) is 0.00488. The number of guanidine groups is 7. The normalized spacial score (nSPS) is 12.6. The molecule has 2 aliphatic rings. The second-order valence-corrected chi connectivity index (χ2v) is 30.2. The lowest BCUT2D eigenvalue weighted by Crippen LogP contribution is -2.60. The van der Waals surface area contributed by atoms with Crippen LogP contribution in [-0.2, 0) is 62.3 Å². The van der Waals surface area contributed by atoms with Crippen molar-refractivity contribution >= 4 is 153 Å². The highest BCUT2D eigenvalue weighted by Crippen LogP contribution is 2.42. The van der Waals surface area contributed by atoms with E-state index in [1.54, 1.807) is 12.1 Å². The van der Waals surface area contributed by atoms with Crippen LogP contribution in [0.5, 0.6) is 5.75 Å². The first kappa shape index (κ1) is 108. The molecule has 2 aromatic carbocycles. The van der Waals surface area contributed by atoms with E-state index in [9.17, 15) is 77.3 Å². The Balaban J connectivity index is 1.48. The number of fused-ring (bicyclic) bond motifs is 2. The number of esters is 1. The number of nitrogens with two attached hydrogens (primary N) is 9. The van der Waals surface area contributed by atoms with Crippen LogP contribution in [0, 0.1) is 37.9 Å². The lowest BCUT2D eigenvalue weighted by Gasteiger charge is -2.28. The van der Waals surface area contributed by atoms with E-state index in [2.05, 4.69) is 95.7 Å². The molecule has 2 aromatic rings. The summed E-state index contributed by atoms with van der Waals surface area (Å²) < 4.78 is 11.2. The fraction of sp³-hybridized carbons (Fsp3) is 0.487. The Morgan fingerprint density at radius 1 is 0.382 bits per heavy atom. The first-order chi connectivity index (χ1) is 62.1. The number of carboxylic acids is 1. The minimum Gasteiger partial charge on any atom is -0.508 e. The summed E-state index contributed by atoms with van der Waals surface area (Å²) in [7, 11) is 0. The van der Waals surface area contributed by atoms with Crippen LogP contribution in [0.3, 0.4) is 0 Å². The van der Waals surface area contributed by atoms with Crippen LogP contribution in [-0.4, -0.2) is 248 Å². The number of hydrogen-bond donors (Lipinski definition) is 36. The summed E-state index contributed by atoms with van der Waals surface area (Å²) in [6.07, 6.45) is -2.90. The van der Waals surface area contributed by atoms with E-state index >= 15 is 0 Å². The molecule has 0 radical (unpaired) electrons. The van der Waals surface area contributed by atoms with Gasteiger partial charge >= 0.3 is 11.9 Å². The van der Waals surface area contributed by atoms with Gasteiger partial charge in [-0.3, -0.25) is 100 Å². The van der Waals surface area contributed by atoms with Crippen LogP contribution in [0.4, 0.5) is 5.69 Å². The van der Waals surface area contributed by atoms with Crippen molar-refractivity contribution in [3.05, 3.63) is 70.4 Å². The molecule has 1 aliphatic heterocycles. The van der Waals surface area contributed by atoms with E-state index < -0.39 is 174 Å². The molecule has 4 rings (SSSR count). The number of ether oxygens (including phenoxy) is 1. The number of phenols is 1. The molecule has 0 bridgehead atoms. The van der Waals surface area contributed by atoms with Gasteiger partial charge in [-0.1, -0.05) is 6.07 Å². The zero-order valence-electron chi connectivity index (χ0n) is 72.1. The molecule has 0 aromatic heterocycles. The van der Waals surface area contributed by atoms with Gasteiger partial charge in [0, 0.05) is 106 Å². The fourth-order valence-electron chi connectivity index (χ4n) is 12.9. The maximum Gasteiger partial charge on any atom is 0.336 e. The molecule has 131 heavy (non-hydrogen) atoms. The van der Waals surface area contributed by atoms with Gasteiger partial charge in [0.05, 0.1) is 18.5 Å². The van der Waals surface area contributed by atoms with Gasteiger partial charge in [0.25, 0.3) is 0 Å². The molecule has 0 spiro atoms. The molecule has 11 amide bonds. The van der Waals surface area contributed by atoms with Gasteiger partial charge in [-0.25, -0.2) is 4.79 Å². The maximum atomic E-state index is 14.9. The van der Waals surface area contributed by atoms with Gasteiger partial charge in [-0.05, 0) is 157 Å². The predicted octanol–water partition coefficient (Wildman–Crippen LogP) is -7.05. The van der Waals surface area contributed by atoms with Crippen molar-refractivity contribution < 1.29 is 81.7 Å². The number of aromatic carboxylic acids is 1. The zero-order valence-corrected chi connectivity index (χ0v) is 72.9. The van der Waals surface area contributed by atoms with Crippen LogP contribution in [0.2, 0.25) is 0 Å². The topological polar surface area (TPSA) is 919 Å². The number of carbonyl (C=O) groups is 13. The highest BCUT2D eigenvalue weighted by atomic mass is 32.1. The number of primary amides is 2. The molecule has 0 saturated carbocycles. The standard InChI is InChI=1S/C78H122N34O18S/c79-57(115)24-23-54(106-59(117)25-26-60(118)129-36-35-103-78(131)104-40-17-20-43(46(37-40)70(127)128)61-44-21-18-41(113)38-55(44)130-56-39-42(114)19-22-45(56)61)63(120)95-27-8-16-58(116)105-48(10-2-29-97-72(83)84)64(121)108-50(12-4-31-99-74(87)88)66(123)110-52(14-6-33-101-76(91)92)68(125)112-53(15-7-34-102-77(93)94)69(126)111-51(13-5-32-100-75(89)90)67(124)109-49(11-3-30-98-73(85)86)65(122)107-47(62(80)119)9-1-28-96-71(81)82/h17-22,37-39,47-54,113H,1-16,23-36H2,(H2,79,115)(H2,80,119)(H,95,120)(H,105,116)(H,106,117)(H,107,122)(H,108,121)(H,109,124)(H,110,123)(H,111,126)(H,112,125)(H,127,128)(H4,81,82,96)(H4,83,84,97)(H4,85,86,98)(H4,87,88,99)(H4,89,90,100)(H4,91,92,101)(H4,93,94,102)(H2,103,104,131)/t47-,48-,49-,50-,51-,52-,53-,54-/m1/s1. The molecule has 0 saturated heterocycles. The van der Waals surface area contributed by atoms with E-state index in [-0.39, 0.29) is 231 Å². The molecule has 8 atom stereocenters. The Bertz CT molecular complexity index is 4750. The van der Waals surface area contributed by atoms with Gasteiger partial charge in [-0.2, -0.15) is 0 Å². The van der Waals surface area contributed by atoms with E-state index in [4.69, 9.17) is 111 Å². The van der Waals surface area contributed by atoms with Crippen molar-refractivity contribution in [1.82, 2.24) is 90.4 Å². The van der Waals surface area contributed by atoms with Gasteiger partial charge < -0.3 is 167 Å². The third-order valence-electron chi connectivity index (χ3n) is 19.2. The number of anilines is 1. The average molecular weight is 1860 g/mol. The van der Waals surface area contributed by atoms with Crippen molar-refractivity contribution in [2.45, 2.75) is 177 Å². The number of aromatic hydroxyl groups is 1. The van der Waals surface area contributed by atoms with E-state index in [1.165, 1.54) is 42.5 Å². The summed E-state index contributed by atoms with van der Waals surface area (Å²) in [6.45, 7) is -0.464. The van der Waals surface area contributed by atoms with Crippen LogP contribution >= 0.6 is 12.2 Å². The van der Waals surface area contributed by atoms with E-state index in [0.717, 1.165) is 0 Å². The van der Waals surface area contributed by atoms with Crippen LogP contribution < -0.4 is 153 Å². The summed E-state index contributed by atoms with van der Waals surface area (Å²) in [5.41, 5.74) is 50.6. The summed E-state index contributed by atoms with van der Waals surface area (Å²) in [5, 5.41) is 122. The fourth-order valence-corrected chi connectivity index (χ4v) is 13.1. The summed E-state index contributed by atoms with van der Waals surface area (Å²) in [6, 6.07) is 0.976. The van der Waals surface area contributed by atoms with Crippen molar-refractivity contribution in [3.63, 3.8) is 0 Å². The van der Waals surface area contributed by atoms with Crippen molar-refractivity contribution in [1.29, 1.82) is 37.9 Å². The minimum absolute atomic E-state index is 0.000864. The molecule has 718 valence electrons. The van der Waals surface area contributed by atoms with Crippen molar-refractivity contribution in [3.8, 4) is 28.2 Å². The molecular weight excluding hydrogens is 1730 g/mol. The Morgan fingerprint density at radius 2 is 0.748 bits per heavy atom. The third-order valence-corrected chi connectivity index (χ3v) is 19.5. The molecule has 0 fully saturated rings. The van der Waals surface area contributed by atoms with E-state index in [0.29, 0.717) is 16.5 Å². The van der Waals surface area contributed by atoms with Crippen molar-refractivity contribution in [2.24, 2.45) is 51.6 Å². The number of amides is 11. The van der Waals surface area contributed by atoms with Gasteiger partial charge in [0.1, 0.15) is 72.0 Å². The highest BCUT2D eigenvalue weighted by Gasteiger charge is 2.36. The molecule has 0 unspecified atom stereocenters. The summed E-state index contributed by atoms with van der Waals surface area (Å²) in [4.78, 5) is 191. The Hall–Kier alpha value is -15.4. The summed E-state index contributed by atoms with van der Waals surface area (Å²) in [5.74, 6) is -15.0. The molecule has 53 heteroatoms. The number of carboxylic acid groups (broad SMARTS) is 1. The highest BCUT2D eigenvalue weighted by molar-refractivity contribution is 7.80. The van der Waals surface area contributed by atoms with Crippen LogP contribution in [0.15, 0.2) is 63.8 Å². The monoisotopic (exact) mass is 1850 g/mol. The lowest BCUT2D eigenvalue weighted by molar-refractivity contribution is -0.145. The average Bonchev–Trinajstić information content (AvgIpc) is 0.746. The SMILES string of the molecule is N=C(N)NCCC[C@@H](NC(=O)[C@@H](CCCNC(=N)N)NC(=O)[C@@H](CCCNC(=N)N)NC(=O)[C@@H](CCCNC(=N)N)NC(=O)[C@@H](CCCNC(=N)N)NC(=O)[C@@H](CCCNC(=N)N)NC(=O)[C@@H](CCCNC(=N)N)NC(=O)CCCNC(=O)[C@@H](CCC(N)=O)NC(=O)CCC(=O)OCCNC(=S)Nc1ccc(-c2c3ccc(=O)cc-3oc3cc(O)ccc23)c(C(=O)O)c1)C(N)=O. The van der Waals surface area contributed by atoms with Gasteiger partial charge in [0.15, 0.2) is 52.3 Å². The minimum atomic E-state index is -1.60. The zero-order chi connectivity index (χ0) is 97.2. The first-order valence-electron chi connectivity index (χ1n) is 41.7. The predicted molar refractivity (Wildman–Crippen MR) is 487 cm³/mol. The Kier molecular flexibility index (Phi) is 47.3. The second kappa shape index (κ2) is 57.4. The van der Waals surface area contributed by atoms with Crippen molar-refractivity contribution in [2.75, 3.05) is 70.8 Å². The van der Waals surface area contributed by atoms with Gasteiger partial charge in [0.2, 0.25) is 65.0 Å². The molecule has 52 nitrogen and oxygen atoms in total. The Labute approximate surface area is 757 Å². The maximum absolute atomic E-state index is 14.9. The van der Waals surface area contributed by atoms with Crippen LogP contribution in [0.1, 0.15) is 139 Å². The number of benzene rings is 3.